The Balaban J connectivity index is 1.70. The molecule has 138 valence electrons. The van der Waals surface area contributed by atoms with Gasteiger partial charge in [0.05, 0.1) is 29.6 Å². The molecule has 3 aromatic carbocycles. The van der Waals surface area contributed by atoms with Gasteiger partial charge in [-0.15, -0.1) is 0 Å². The van der Waals surface area contributed by atoms with Gasteiger partial charge in [-0.1, -0.05) is 36.4 Å². The Labute approximate surface area is 163 Å². The lowest BCUT2D eigenvalue weighted by Gasteiger charge is -2.12. The van der Waals surface area contributed by atoms with E-state index in [4.69, 9.17) is 9.72 Å². The van der Waals surface area contributed by atoms with Crippen LogP contribution in [0.2, 0.25) is 0 Å². The van der Waals surface area contributed by atoms with Crippen LogP contribution in [0.5, 0.6) is 5.75 Å². The summed E-state index contributed by atoms with van der Waals surface area (Å²) < 4.78 is 5.22. The first-order chi connectivity index (χ1) is 13.7. The van der Waals surface area contributed by atoms with Crippen LogP contribution in [0.1, 0.15) is 10.4 Å². The second-order valence-electron chi connectivity index (χ2n) is 6.25. The largest absolute Gasteiger partial charge is 0.497 e. The summed E-state index contributed by atoms with van der Waals surface area (Å²) in [6.07, 6.45) is 0. The Bertz CT molecular complexity index is 1110. The monoisotopic (exact) mass is 369 g/mol. The maximum Gasteiger partial charge on any atom is 0.270 e. The summed E-state index contributed by atoms with van der Waals surface area (Å²) in [7, 11) is 1.63. The van der Waals surface area contributed by atoms with E-state index < -0.39 is 0 Å². The van der Waals surface area contributed by atoms with Gasteiger partial charge in [-0.3, -0.25) is 15.6 Å². The van der Waals surface area contributed by atoms with Gasteiger partial charge in [0.1, 0.15) is 5.75 Å². The number of amides is 1. The second-order valence-corrected chi connectivity index (χ2v) is 6.25. The van der Waals surface area contributed by atoms with Crippen molar-refractivity contribution in [3.8, 4) is 17.0 Å². The molecule has 1 aromatic heterocycles. The molecule has 1 heterocycles. The maximum absolute atomic E-state index is 12.9. The molecular weight excluding hydrogens is 350 g/mol. The summed E-state index contributed by atoms with van der Waals surface area (Å²) in [6.45, 7) is 0. The quantitative estimate of drug-likeness (QED) is 0.502. The highest BCUT2D eigenvalue weighted by atomic mass is 16.5. The number of ether oxygens (including phenoxy) is 1. The molecular formula is C23H19N3O2. The van der Waals surface area contributed by atoms with E-state index in [2.05, 4.69) is 10.9 Å². The fraction of sp³-hybridized carbons (Fsp3) is 0.0435. The summed E-state index contributed by atoms with van der Waals surface area (Å²) in [4.78, 5) is 17.6. The van der Waals surface area contributed by atoms with E-state index in [1.165, 1.54) is 0 Å². The van der Waals surface area contributed by atoms with E-state index in [1.54, 1.807) is 7.11 Å². The highest BCUT2D eigenvalue weighted by Gasteiger charge is 2.14. The normalized spacial score (nSPS) is 10.5. The number of anilines is 1. The number of aromatic nitrogens is 1. The van der Waals surface area contributed by atoms with Crippen LogP contribution < -0.4 is 15.6 Å². The molecule has 4 rings (SSSR count). The first-order valence-electron chi connectivity index (χ1n) is 8.90. The molecule has 0 saturated heterocycles. The van der Waals surface area contributed by atoms with E-state index in [9.17, 15) is 4.79 Å². The zero-order chi connectivity index (χ0) is 19.3. The van der Waals surface area contributed by atoms with Crippen LogP contribution in [-0.2, 0) is 0 Å². The number of benzene rings is 3. The van der Waals surface area contributed by atoms with Crippen molar-refractivity contribution in [1.29, 1.82) is 0 Å². The molecule has 0 fully saturated rings. The molecule has 1 amide bonds. The molecule has 4 aromatic rings. The Morgan fingerprint density at radius 3 is 2.36 bits per heavy atom. The van der Waals surface area contributed by atoms with Crippen molar-refractivity contribution < 1.29 is 9.53 Å². The van der Waals surface area contributed by atoms with E-state index in [0.29, 0.717) is 5.56 Å². The van der Waals surface area contributed by atoms with Crippen LogP contribution in [0.3, 0.4) is 0 Å². The molecule has 0 aliphatic heterocycles. The molecule has 0 saturated carbocycles. The van der Waals surface area contributed by atoms with Gasteiger partial charge in [-0.25, -0.2) is 4.98 Å². The molecule has 28 heavy (non-hydrogen) atoms. The standard InChI is InChI=1S/C23H19N3O2/c1-28-18-13-11-16(12-14-18)22-15-20(19-9-5-6-10-21(19)24-22)23(27)26-25-17-7-3-2-4-8-17/h2-15,25H,1H3,(H,26,27). The summed E-state index contributed by atoms with van der Waals surface area (Å²) >= 11 is 0. The lowest BCUT2D eigenvalue weighted by molar-refractivity contribution is 0.0964. The number of nitrogens with one attached hydrogen (secondary N) is 2. The number of hydrazine groups is 1. The second kappa shape index (κ2) is 7.80. The van der Waals surface area contributed by atoms with Crippen molar-refractivity contribution >= 4 is 22.5 Å². The predicted molar refractivity (Wildman–Crippen MR) is 111 cm³/mol. The topological polar surface area (TPSA) is 63.2 Å². The molecule has 0 spiro atoms. The van der Waals surface area contributed by atoms with Crippen LogP contribution in [0.15, 0.2) is 84.9 Å². The fourth-order valence-corrected chi connectivity index (χ4v) is 2.99. The van der Waals surface area contributed by atoms with Gasteiger partial charge < -0.3 is 4.74 Å². The zero-order valence-corrected chi connectivity index (χ0v) is 15.3. The average molecular weight is 369 g/mol. The number of hydrogen-bond donors (Lipinski definition) is 2. The number of methoxy groups -OCH3 is 1. The molecule has 0 atom stereocenters. The van der Waals surface area contributed by atoms with Gasteiger partial charge in [-0.2, -0.15) is 0 Å². The molecule has 0 aliphatic rings. The molecule has 2 N–H and O–H groups in total. The van der Waals surface area contributed by atoms with Crippen LogP contribution in [0, 0.1) is 0 Å². The minimum Gasteiger partial charge on any atom is -0.497 e. The highest BCUT2D eigenvalue weighted by molar-refractivity contribution is 6.07. The van der Waals surface area contributed by atoms with Crippen molar-refractivity contribution in [3.05, 3.63) is 90.5 Å². The zero-order valence-electron chi connectivity index (χ0n) is 15.3. The van der Waals surface area contributed by atoms with Gasteiger partial charge >= 0.3 is 0 Å². The van der Waals surface area contributed by atoms with Crippen LogP contribution in [-0.4, -0.2) is 18.0 Å². The minimum absolute atomic E-state index is 0.225. The van der Waals surface area contributed by atoms with Crippen molar-refractivity contribution in [2.45, 2.75) is 0 Å². The molecule has 0 unspecified atom stereocenters. The van der Waals surface area contributed by atoms with Gasteiger partial charge in [-0.05, 0) is 48.5 Å². The van der Waals surface area contributed by atoms with E-state index in [0.717, 1.165) is 33.6 Å². The number of para-hydroxylation sites is 2. The lowest BCUT2D eigenvalue weighted by Crippen LogP contribution is -2.29. The van der Waals surface area contributed by atoms with Crippen molar-refractivity contribution in [1.82, 2.24) is 10.4 Å². The first kappa shape index (κ1) is 17.5. The Morgan fingerprint density at radius 2 is 1.61 bits per heavy atom. The molecule has 5 nitrogen and oxygen atoms in total. The van der Waals surface area contributed by atoms with Crippen LogP contribution >= 0.6 is 0 Å². The SMILES string of the molecule is COc1ccc(-c2cc(C(=O)NNc3ccccc3)c3ccccc3n2)cc1. The van der Waals surface area contributed by atoms with Crippen molar-refractivity contribution in [3.63, 3.8) is 0 Å². The first-order valence-corrected chi connectivity index (χ1v) is 8.90. The predicted octanol–water partition coefficient (Wildman–Crippen LogP) is 4.67. The number of hydrogen-bond acceptors (Lipinski definition) is 4. The van der Waals surface area contributed by atoms with Gasteiger partial charge in [0, 0.05) is 10.9 Å². The van der Waals surface area contributed by atoms with E-state index in [1.807, 2.05) is 84.9 Å². The average Bonchev–Trinajstić information content (AvgIpc) is 2.77. The maximum atomic E-state index is 12.9. The summed E-state index contributed by atoms with van der Waals surface area (Å²) in [5.41, 5.74) is 9.48. The minimum atomic E-state index is -0.225. The van der Waals surface area contributed by atoms with Crippen LogP contribution in [0.4, 0.5) is 5.69 Å². The molecule has 0 bridgehead atoms. The fourth-order valence-electron chi connectivity index (χ4n) is 2.99. The molecule has 0 aliphatic carbocycles. The third-order valence-electron chi connectivity index (χ3n) is 4.44. The summed E-state index contributed by atoms with van der Waals surface area (Å²) in [5.74, 6) is 0.548. The Kier molecular flexibility index (Phi) is 4.89. The van der Waals surface area contributed by atoms with E-state index >= 15 is 0 Å². The summed E-state index contributed by atoms with van der Waals surface area (Å²) in [5, 5.41) is 0.798. The Morgan fingerprint density at radius 1 is 0.893 bits per heavy atom. The van der Waals surface area contributed by atoms with Crippen LogP contribution in [0.25, 0.3) is 22.2 Å². The molecule has 5 heteroatoms. The number of pyridine rings is 1. The Hall–Kier alpha value is -3.86. The lowest BCUT2D eigenvalue weighted by atomic mass is 10.0. The highest BCUT2D eigenvalue weighted by Crippen LogP contribution is 2.26. The third kappa shape index (κ3) is 3.64. The van der Waals surface area contributed by atoms with Gasteiger partial charge in [0.2, 0.25) is 0 Å². The number of nitrogens with zero attached hydrogens (tertiary/aromatic N) is 1. The van der Waals surface area contributed by atoms with Crippen molar-refractivity contribution in [2.75, 3.05) is 12.5 Å². The summed E-state index contributed by atoms with van der Waals surface area (Å²) in [6, 6.07) is 26.5. The van der Waals surface area contributed by atoms with Gasteiger partial charge in [0.15, 0.2) is 0 Å². The number of fused-ring (bicyclic) bond motifs is 1. The number of rotatable bonds is 5. The third-order valence-corrected chi connectivity index (χ3v) is 4.44. The van der Waals surface area contributed by atoms with Gasteiger partial charge in [0.25, 0.3) is 5.91 Å². The molecule has 0 radical (unpaired) electrons. The number of carbonyl (C=O) groups is 1. The number of carbonyl (C=O) groups excluding carboxylic acids is 1. The van der Waals surface area contributed by atoms with E-state index in [-0.39, 0.29) is 5.91 Å². The smallest absolute Gasteiger partial charge is 0.270 e. The van der Waals surface area contributed by atoms with Crippen molar-refractivity contribution in [2.24, 2.45) is 0 Å².